The van der Waals surface area contributed by atoms with Gasteiger partial charge in [0.25, 0.3) is 11.5 Å². The highest BCUT2D eigenvalue weighted by Crippen LogP contribution is 2.31. The maximum absolute atomic E-state index is 12.5. The molecule has 0 fully saturated rings. The molecule has 2 aromatic carbocycles. The number of amides is 1. The first-order valence-electron chi connectivity index (χ1n) is 8.87. The molecule has 0 atom stereocenters. The topological polar surface area (TPSA) is 89.7 Å². The lowest BCUT2D eigenvalue weighted by Crippen LogP contribution is -2.27. The third-order valence-corrected chi connectivity index (χ3v) is 4.78. The lowest BCUT2D eigenvalue weighted by Gasteiger charge is -2.12. The summed E-state index contributed by atoms with van der Waals surface area (Å²) in [5.41, 5.74) is 1.16. The molecule has 29 heavy (non-hydrogen) atoms. The Labute approximate surface area is 172 Å². The second-order valence-electron chi connectivity index (χ2n) is 6.23. The van der Waals surface area contributed by atoms with Crippen molar-refractivity contribution in [2.45, 2.75) is 6.42 Å². The van der Waals surface area contributed by atoms with Crippen molar-refractivity contribution in [3.05, 3.63) is 62.9 Å². The molecular formula is C21H21ClN2O5. The lowest BCUT2D eigenvalue weighted by molar-refractivity contribution is 0.0951. The summed E-state index contributed by atoms with van der Waals surface area (Å²) in [7, 11) is 4.58. The monoisotopic (exact) mass is 416 g/mol. The molecule has 2 N–H and O–H groups in total. The Bertz CT molecular complexity index is 1110. The van der Waals surface area contributed by atoms with Crippen LogP contribution in [0.2, 0.25) is 5.02 Å². The molecule has 0 aliphatic rings. The van der Waals surface area contributed by atoms with Gasteiger partial charge in [0.1, 0.15) is 17.2 Å². The van der Waals surface area contributed by atoms with Crippen LogP contribution < -0.4 is 25.1 Å². The minimum absolute atomic E-state index is 0.251. The van der Waals surface area contributed by atoms with E-state index in [0.717, 1.165) is 5.39 Å². The van der Waals surface area contributed by atoms with Crippen molar-refractivity contribution < 1.29 is 19.0 Å². The van der Waals surface area contributed by atoms with Gasteiger partial charge < -0.3 is 24.5 Å². The molecular weight excluding hydrogens is 396 g/mol. The van der Waals surface area contributed by atoms with Crippen molar-refractivity contribution in [2.24, 2.45) is 0 Å². The van der Waals surface area contributed by atoms with Crippen molar-refractivity contribution in [3.63, 3.8) is 0 Å². The lowest BCUT2D eigenvalue weighted by atomic mass is 10.1. The molecule has 1 aromatic heterocycles. The molecule has 8 heteroatoms. The maximum atomic E-state index is 12.5. The fraction of sp³-hybridized carbons (Fsp3) is 0.238. The predicted molar refractivity (Wildman–Crippen MR) is 112 cm³/mol. The first-order valence-corrected chi connectivity index (χ1v) is 9.25. The molecule has 1 heterocycles. The molecule has 0 radical (unpaired) electrons. The highest BCUT2D eigenvalue weighted by molar-refractivity contribution is 6.31. The van der Waals surface area contributed by atoms with Gasteiger partial charge in [-0.25, -0.2) is 0 Å². The molecule has 0 aliphatic heterocycles. The SMILES string of the molecule is COc1ccc(Cl)cc1C(=O)NCCc1cc2c(OC)ccc(OC)c2[nH]c1=O. The zero-order valence-electron chi connectivity index (χ0n) is 16.3. The number of hydrogen-bond donors (Lipinski definition) is 2. The average Bonchev–Trinajstić information content (AvgIpc) is 2.73. The van der Waals surface area contributed by atoms with Gasteiger partial charge in [-0.05, 0) is 42.8 Å². The van der Waals surface area contributed by atoms with E-state index in [9.17, 15) is 9.59 Å². The van der Waals surface area contributed by atoms with Gasteiger partial charge in [-0.15, -0.1) is 0 Å². The third-order valence-electron chi connectivity index (χ3n) is 4.54. The number of halogens is 1. The minimum atomic E-state index is -0.333. The first-order chi connectivity index (χ1) is 14.0. The number of benzene rings is 2. The molecule has 0 saturated heterocycles. The molecule has 0 bridgehead atoms. The van der Waals surface area contributed by atoms with Crippen LogP contribution in [0.1, 0.15) is 15.9 Å². The summed E-state index contributed by atoms with van der Waals surface area (Å²) in [6.45, 7) is 0.259. The summed E-state index contributed by atoms with van der Waals surface area (Å²) in [6, 6.07) is 10.1. The number of fused-ring (bicyclic) bond motifs is 1. The van der Waals surface area contributed by atoms with Crippen LogP contribution in [0.3, 0.4) is 0 Å². The highest BCUT2D eigenvalue weighted by atomic mass is 35.5. The van der Waals surface area contributed by atoms with Crippen LogP contribution >= 0.6 is 11.6 Å². The van der Waals surface area contributed by atoms with Gasteiger partial charge in [0.15, 0.2) is 0 Å². The Morgan fingerprint density at radius 3 is 2.34 bits per heavy atom. The van der Waals surface area contributed by atoms with Crippen LogP contribution in [0.5, 0.6) is 17.2 Å². The van der Waals surface area contributed by atoms with E-state index in [2.05, 4.69) is 10.3 Å². The number of carbonyl (C=O) groups excluding carboxylic acids is 1. The summed E-state index contributed by atoms with van der Waals surface area (Å²) in [6.07, 6.45) is 0.334. The second-order valence-corrected chi connectivity index (χ2v) is 6.67. The van der Waals surface area contributed by atoms with Crippen LogP contribution in [-0.4, -0.2) is 38.8 Å². The van der Waals surface area contributed by atoms with E-state index >= 15 is 0 Å². The van der Waals surface area contributed by atoms with Gasteiger partial charge in [-0.2, -0.15) is 0 Å². The zero-order valence-corrected chi connectivity index (χ0v) is 17.1. The van der Waals surface area contributed by atoms with Crippen molar-refractivity contribution >= 4 is 28.4 Å². The Morgan fingerprint density at radius 1 is 1.00 bits per heavy atom. The van der Waals surface area contributed by atoms with Gasteiger partial charge >= 0.3 is 0 Å². The highest BCUT2D eigenvalue weighted by Gasteiger charge is 2.14. The molecule has 0 saturated carbocycles. The number of aromatic nitrogens is 1. The number of methoxy groups -OCH3 is 3. The van der Waals surface area contributed by atoms with Crippen molar-refractivity contribution in [1.82, 2.24) is 10.3 Å². The number of ether oxygens (including phenoxy) is 3. The molecule has 1 amide bonds. The van der Waals surface area contributed by atoms with E-state index in [-0.39, 0.29) is 18.0 Å². The normalized spacial score (nSPS) is 10.6. The van der Waals surface area contributed by atoms with Gasteiger partial charge in [0.05, 0.1) is 32.4 Å². The first kappa shape index (κ1) is 20.5. The molecule has 0 spiro atoms. The van der Waals surface area contributed by atoms with Gasteiger partial charge in [-0.1, -0.05) is 11.6 Å². The van der Waals surface area contributed by atoms with Crippen LogP contribution in [0.15, 0.2) is 41.2 Å². The molecule has 7 nitrogen and oxygen atoms in total. The molecule has 3 aromatic rings. The maximum Gasteiger partial charge on any atom is 0.255 e. The largest absolute Gasteiger partial charge is 0.496 e. The Hall–Kier alpha value is -3.19. The predicted octanol–water partition coefficient (Wildman–Crippen LogP) is 3.18. The van der Waals surface area contributed by atoms with Crippen molar-refractivity contribution in [3.8, 4) is 17.2 Å². The van der Waals surface area contributed by atoms with E-state index in [1.807, 2.05) is 0 Å². The number of nitrogens with one attached hydrogen (secondary N) is 2. The van der Waals surface area contributed by atoms with Gasteiger partial charge in [-0.3, -0.25) is 9.59 Å². The summed E-state index contributed by atoms with van der Waals surface area (Å²) < 4.78 is 15.9. The van der Waals surface area contributed by atoms with Crippen molar-refractivity contribution in [2.75, 3.05) is 27.9 Å². The molecule has 3 rings (SSSR count). The molecule has 152 valence electrons. The van der Waals surface area contributed by atoms with Crippen LogP contribution in [0.25, 0.3) is 10.9 Å². The summed E-state index contributed by atoms with van der Waals surface area (Å²) in [5.74, 6) is 1.25. The van der Waals surface area contributed by atoms with Crippen LogP contribution in [0.4, 0.5) is 0 Å². The van der Waals surface area contributed by atoms with E-state index in [1.54, 1.807) is 37.4 Å². The number of aromatic amines is 1. The zero-order chi connectivity index (χ0) is 21.0. The smallest absolute Gasteiger partial charge is 0.255 e. The number of pyridine rings is 1. The van der Waals surface area contributed by atoms with E-state index in [4.69, 9.17) is 25.8 Å². The number of carbonyl (C=O) groups is 1. The Morgan fingerprint density at radius 2 is 1.66 bits per heavy atom. The quantitative estimate of drug-likeness (QED) is 0.617. The fourth-order valence-electron chi connectivity index (χ4n) is 3.08. The van der Waals surface area contributed by atoms with Crippen LogP contribution in [-0.2, 0) is 6.42 Å². The third kappa shape index (κ3) is 4.30. The van der Waals surface area contributed by atoms with E-state index < -0.39 is 0 Å². The fourth-order valence-corrected chi connectivity index (χ4v) is 3.26. The van der Waals surface area contributed by atoms with Crippen molar-refractivity contribution in [1.29, 1.82) is 0 Å². The van der Waals surface area contributed by atoms with Gasteiger partial charge in [0.2, 0.25) is 0 Å². The van der Waals surface area contributed by atoms with E-state index in [0.29, 0.717) is 45.3 Å². The second kappa shape index (κ2) is 8.87. The number of rotatable bonds is 7. The average molecular weight is 417 g/mol. The summed E-state index contributed by atoms with van der Waals surface area (Å²) in [4.78, 5) is 27.8. The Kier molecular flexibility index (Phi) is 6.29. The van der Waals surface area contributed by atoms with E-state index in [1.165, 1.54) is 20.3 Å². The molecule has 0 unspecified atom stereocenters. The Balaban J connectivity index is 1.81. The van der Waals surface area contributed by atoms with Crippen LogP contribution in [0, 0.1) is 0 Å². The molecule has 0 aliphatic carbocycles. The summed E-state index contributed by atoms with van der Waals surface area (Å²) in [5, 5.41) is 3.95. The standard InChI is InChI=1S/C21H21ClN2O5/c1-27-16-6-7-18(29-3)19-14(16)10-12(20(25)24-19)8-9-23-21(26)15-11-13(22)4-5-17(15)28-2/h4-7,10-11H,8-9H2,1-3H3,(H,23,26)(H,24,25). The van der Waals surface area contributed by atoms with Gasteiger partial charge in [0, 0.05) is 22.5 Å². The number of H-pyrrole nitrogens is 1. The summed E-state index contributed by atoms with van der Waals surface area (Å²) >= 11 is 5.97. The number of hydrogen-bond acceptors (Lipinski definition) is 5. The minimum Gasteiger partial charge on any atom is -0.496 e.